The molecule has 1 heterocycles. The van der Waals surface area contributed by atoms with Crippen molar-refractivity contribution in [1.82, 2.24) is 4.57 Å². The number of carbonyl (C=O) groups excluding carboxylic acids is 2. The molecule has 1 atom stereocenters. The minimum absolute atomic E-state index is 0.183. The van der Waals surface area contributed by atoms with E-state index in [1.54, 1.807) is 25.1 Å². The molecule has 6 heteroatoms. The van der Waals surface area contributed by atoms with Gasteiger partial charge in [0.2, 0.25) is 0 Å². The number of nitrogens with one attached hydrogen (secondary N) is 1. The normalized spacial score (nSPS) is 11.7. The molecular weight excluding hydrogens is 270 g/mol. The summed E-state index contributed by atoms with van der Waals surface area (Å²) in [4.78, 5) is 23.3. The van der Waals surface area contributed by atoms with Gasteiger partial charge in [-0.05, 0) is 37.3 Å². The van der Waals surface area contributed by atoms with Gasteiger partial charge in [0.25, 0.3) is 5.91 Å². The number of nitrogens with two attached hydrogens (primary N) is 1. The van der Waals surface area contributed by atoms with Gasteiger partial charge >= 0.3 is 5.97 Å². The summed E-state index contributed by atoms with van der Waals surface area (Å²) in [7, 11) is 0. The first kappa shape index (κ1) is 14.8. The van der Waals surface area contributed by atoms with E-state index >= 15 is 0 Å². The highest BCUT2D eigenvalue weighted by Gasteiger charge is 2.23. The Balaban J connectivity index is 2.08. The van der Waals surface area contributed by atoms with Crippen LogP contribution in [0.2, 0.25) is 0 Å². The van der Waals surface area contributed by atoms with Crippen molar-refractivity contribution in [2.24, 2.45) is 5.73 Å². The number of ether oxygens (including phenoxy) is 1. The number of hydrogen-bond acceptors (Lipinski definition) is 4. The maximum absolute atomic E-state index is 11.9. The van der Waals surface area contributed by atoms with Crippen LogP contribution < -0.4 is 11.1 Å². The second-order valence-corrected chi connectivity index (χ2v) is 4.36. The molecule has 110 valence electrons. The molecule has 6 nitrogen and oxygen atoms in total. The Bertz CT molecular complexity index is 623. The molecule has 0 aliphatic rings. The minimum atomic E-state index is -1.33. The number of amides is 1. The molecule has 0 radical (unpaired) electrons. The van der Waals surface area contributed by atoms with Crippen molar-refractivity contribution in [1.29, 1.82) is 0 Å². The van der Waals surface area contributed by atoms with Crippen LogP contribution in [0.3, 0.4) is 0 Å². The average molecular weight is 287 g/mol. The molecule has 0 aliphatic carbocycles. The van der Waals surface area contributed by atoms with Gasteiger partial charge < -0.3 is 20.4 Å². The van der Waals surface area contributed by atoms with E-state index in [0.29, 0.717) is 5.69 Å². The molecule has 1 unspecified atom stereocenters. The Morgan fingerprint density at radius 2 is 2.00 bits per heavy atom. The molecule has 0 saturated carbocycles. The number of nitrogens with zero attached hydrogens (tertiary/aromatic N) is 1. The number of carbonyl (C=O) groups is 2. The van der Waals surface area contributed by atoms with Crippen molar-refractivity contribution in [3.63, 3.8) is 0 Å². The van der Waals surface area contributed by atoms with Crippen molar-refractivity contribution in [2.75, 3.05) is 11.9 Å². The average Bonchev–Trinajstić information content (AvgIpc) is 3.01. The molecule has 3 N–H and O–H groups in total. The van der Waals surface area contributed by atoms with Gasteiger partial charge in [0.1, 0.15) is 0 Å². The third-order valence-corrected chi connectivity index (χ3v) is 2.84. The summed E-state index contributed by atoms with van der Waals surface area (Å²) in [6.45, 7) is 1.84. The first-order chi connectivity index (χ1) is 10.1. The lowest BCUT2D eigenvalue weighted by Gasteiger charge is -2.12. The van der Waals surface area contributed by atoms with Gasteiger partial charge in [0.15, 0.2) is 6.04 Å². The van der Waals surface area contributed by atoms with Crippen LogP contribution in [0.15, 0.2) is 48.8 Å². The second kappa shape index (κ2) is 6.71. The number of hydrogen-bond donors (Lipinski definition) is 2. The molecule has 1 aromatic carbocycles. The number of aromatic nitrogens is 1. The molecule has 1 amide bonds. The van der Waals surface area contributed by atoms with Gasteiger partial charge in [-0.1, -0.05) is 6.07 Å². The van der Waals surface area contributed by atoms with Crippen molar-refractivity contribution < 1.29 is 14.3 Å². The van der Waals surface area contributed by atoms with E-state index in [4.69, 9.17) is 10.5 Å². The first-order valence-corrected chi connectivity index (χ1v) is 6.58. The minimum Gasteiger partial charge on any atom is -0.464 e. The second-order valence-electron chi connectivity index (χ2n) is 4.36. The zero-order valence-corrected chi connectivity index (χ0v) is 11.7. The van der Waals surface area contributed by atoms with E-state index in [-0.39, 0.29) is 6.61 Å². The van der Waals surface area contributed by atoms with Gasteiger partial charge in [-0.15, -0.1) is 0 Å². The summed E-state index contributed by atoms with van der Waals surface area (Å²) in [5, 5.41) is 2.61. The SMILES string of the molecule is CCOC(=O)C(N)C(=O)Nc1cccc(-n2cccc2)c1. The van der Waals surface area contributed by atoms with Crippen molar-refractivity contribution in [3.8, 4) is 5.69 Å². The zero-order valence-electron chi connectivity index (χ0n) is 11.7. The van der Waals surface area contributed by atoms with Crippen LogP contribution in [0, 0.1) is 0 Å². The Morgan fingerprint density at radius 1 is 1.29 bits per heavy atom. The van der Waals surface area contributed by atoms with Crippen molar-refractivity contribution in [2.45, 2.75) is 13.0 Å². The number of benzene rings is 1. The molecule has 0 aliphatic heterocycles. The Labute approximate surface area is 122 Å². The maximum Gasteiger partial charge on any atom is 0.332 e. The zero-order chi connectivity index (χ0) is 15.2. The molecule has 0 bridgehead atoms. The molecule has 2 rings (SSSR count). The van der Waals surface area contributed by atoms with Crippen molar-refractivity contribution >= 4 is 17.6 Å². The summed E-state index contributed by atoms with van der Waals surface area (Å²) in [6, 6.07) is 9.70. The van der Waals surface area contributed by atoms with E-state index in [9.17, 15) is 9.59 Å². The van der Waals surface area contributed by atoms with Gasteiger partial charge in [0.05, 0.1) is 6.61 Å². The Hall–Kier alpha value is -2.60. The van der Waals surface area contributed by atoms with Crippen LogP contribution in [0.25, 0.3) is 5.69 Å². The van der Waals surface area contributed by atoms with Crippen LogP contribution in [-0.2, 0) is 14.3 Å². The quantitative estimate of drug-likeness (QED) is 0.641. The van der Waals surface area contributed by atoms with Crippen LogP contribution in [0.1, 0.15) is 6.92 Å². The van der Waals surface area contributed by atoms with Gasteiger partial charge in [-0.25, -0.2) is 4.79 Å². The smallest absolute Gasteiger partial charge is 0.332 e. The van der Waals surface area contributed by atoms with E-state index in [0.717, 1.165) is 5.69 Å². The van der Waals surface area contributed by atoms with Gasteiger partial charge in [0, 0.05) is 23.8 Å². The predicted octanol–water partition coefficient (Wildman–Crippen LogP) is 1.31. The highest BCUT2D eigenvalue weighted by atomic mass is 16.5. The van der Waals surface area contributed by atoms with Crippen LogP contribution >= 0.6 is 0 Å². The van der Waals surface area contributed by atoms with Crippen LogP contribution in [0.5, 0.6) is 0 Å². The predicted molar refractivity (Wildman–Crippen MR) is 79.0 cm³/mol. The van der Waals surface area contributed by atoms with Crippen molar-refractivity contribution in [3.05, 3.63) is 48.8 Å². The fraction of sp³-hybridized carbons (Fsp3) is 0.200. The number of esters is 1. The van der Waals surface area contributed by atoms with Crippen LogP contribution in [-0.4, -0.2) is 29.1 Å². The monoisotopic (exact) mass is 287 g/mol. The highest BCUT2D eigenvalue weighted by molar-refractivity contribution is 6.08. The van der Waals surface area contributed by atoms with E-state index in [1.165, 1.54) is 0 Å². The van der Waals surface area contributed by atoms with Gasteiger partial charge in [-0.3, -0.25) is 4.79 Å². The summed E-state index contributed by atoms with van der Waals surface area (Å²) >= 11 is 0. The summed E-state index contributed by atoms with van der Waals surface area (Å²) in [5.74, 6) is -1.34. The highest BCUT2D eigenvalue weighted by Crippen LogP contribution is 2.15. The summed E-state index contributed by atoms with van der Waals surface area (Å²) < 4.78 is 6.62. The van der Waals surface area contributed by atoms with E-state index in [2.05, 4.69) is 5.32 Å². The fourth-order valence-corrected chi connectivity index (χ4v) is 1.81. The Kier molecular flexibility index (Phi) is 4.73. The molecule has 0 saturated heterocycles. The lowest BCUT2D eigenvalue weighted by molar-refractivity contribution is -0.146. The van der Waals surface area contributed by atoms with Crippen LogP contribution in [0.4, 0.5) is 5.69 Å². The molecule has 0 fully saturated rings. The Morgan fingerprint density at radius 3 is 2.67 bits per heavy atom. The third-order valence-electron chi connectivity index (χ3n) is 2.84. The van der Waals surface area contributed by atoms with E-state index in [1.807, 2.05) is 35.2 Å². The molecule has 21 heavy (non-hydrogen) atoms. The molecular formula is C15H17N3O3. The van der Waals surface area contributed by atoms with E-state index < -0.39 is 17.9 Å². The lowest BCUT2D eigenvalue weighted by Crippen LogP contribution is -2.43. The molecule has 0 spiro atoms. The number of rotatable bonds is 5. The summed E-state index contributed by atoms with van der Waals surface area (Å²) in [6.07, 6.45) is 3.79. The molecule has 1 aromatic heterocycles. The topological polar surface area (TPSA) is 86.3 Å². The van der Waals surface area contributed by atoms with Gasteiger partial charge in [-0.2, -0.15) is 0 Å². The first-order valence-electron chi connectivity index (χ1n) is 6.58. The lowest BCUT2D eigenvalue weighted by atomic mass is 10.2. The third kappa shape index (κ3) is 3.70. The summed E-state index contributed by atoms with van der Waals surface area (Å²) in [5.41, 5.74) is 6.99. The maximum atomic E-state index is 11.9. The largest absolute Gasteiger partial charge is 0.464 e. The number of anilines is 1. The standard InChI is InChI=1S/C15H17N3O3/c1-2-21-15(20)13(16)14(19)17-11-6-5-7-12(10-11)18-8-3-4-9-18/h3-10,13H,2,16H2,1H3,(H,17,19). The molecule has 2 aromatic rings. The fourth-order valence-electron chi connectivity index (χ4n) is 1.81.